The smallest absolute Gasteiger partial charge is 0.420 e. The van der Waals surface area contributed by atoms with Crippen molar-refractivity contribution in [2.75, 3.05) is 5.32 Å². The van der Waals surface area contributed by atoms with Crippen molar-refractivity contribution in [3.63, 3.8) is 0 Å². The summed E-state index contributed by atoms with van der Waals surface area (Å²) in [6.45, 7) is -0.327. The molecule has 1 saturated heterocycles. The van der Waals surface area contributed by atoms with Crippen LogP contribution in [0.2, 0.25) is 5.02 Å². The highest BCUT2D eigenvalue weighted by atomic mass is 35.5. The lowest BCUT2D eigenvalue weighted by Crippen LogP contribution is -2.47. The number of anilines is 1. The zero-order valence-electron chi connectivity index (χ0n) is 15.8. The summed E-state index contributed by atoms with van der Waals surface area (Å²) in [5, 5.41) is 17.3. The number of imide groups is 1. The van der Waals surface area contributed by atoms with E-state index in [9.17, 15) is 24.3 Å². The van der Waals surface area contributed by atoms with E-state index in [2.05, 4.69) is 16.0 Å². The number of rotatable bonds is 3. The maximum Gasteiger partial charge on any atom is 0.420 e. The van der Waals surface area contributed by atoms with Crippen LogP contribution in [0, 0.1) is 0 Å². The first-order valence-electron chi connectivity index (χ1n) is 9.31. The van der Waals surface area contributed by atoms with Gasteiger partial charge in [-0.25, -0.2) is 9.59 Å². The molecule has 0 radical (unpaired) electrons. The fourth-order valence-corrected chi connectivity index (χ4v) is 4.25. The number of phenols is 1. The van der Waals surface area contributed by atoms with Gasteiger partial charge in [-0.15, -0.1) is 0 Å². The van der Waals surface area contributed by atoms with E-state index in [1.54, 1.807) is 18.2 Å². The Morgan fingerprint density at radius 2 is 1.97 bits per heavy atom. The average molecular weight is 443 g/mol. The van der Waals surface area contributed by atoms with Gasteiger partial charge in [-0.2, -0.15) is 0 Å². The number of benzene rings is 2. The van der Waals surface area contributed by atoms with Crippen molar-refractivity contribution in [1.82, 2.24) is 15.2 Å². The van der Waals surface area contributed by atoms with Crippen LogP contribution in [0.4, 0.5) is 10.5 Å². The summed E-state index contributed by atoms with van der Waals surface area (Å²) >= 11 is 5.90. The number of carbonyl (C=O) groups excluding carboxylic acids is 3. The van der Waals surface area contributed by atoms with Crippen molar-refractivity contribution in [3.8, 4) is 5.75 Å². The monoisotopic (exact) mass is 442 g/mol. The van der Waals surface area contributed by atoms with Crippen LogP contribution in [-0.4, -0.2) is 33.1 Å². The number of hydrogen-bond donors (Lipinski definition) is 4. The van der Waals surface area contributed by atoms with Crippen LogP contribution in [0.5, 0.6) is 5.75 Å². The third-order valence-corrected chi connectivity index (χ3v) is 5.83. The van der Waals surface area contributed by atoms with Gasteiger partial charge in [-0.1, -0.05) is 17.7 Å². The van der Waals surface area contributed by atoms with Gasteiger partial charge in [-0.05, 0) is 29.3 Å². The highest BCUT2D eigenvalue weighted by Crippen LogP contribution is 2.34. The third-order valence-electron chi connectivity index (χ3n) is 5.53. The molecule has 10 nitrogen and oxygen atoms in total. The second kappa shape index (κ2) is 6.61. The van der Waals surface area contributed by atoms with Crippen LogP contribution < -0.4 is 21.7 Å². The summed E-state index contributed by atoms with van der Waals surface area (Å²) < 4.78 is 6.16. The van der Waals surface area contributed by atoms with Gasteiger partial charge < -0.3 is 20.2 Å². The molecule has 4 N–H and O–H groups in total. The van der Waals surface area contributed by atoms with Crippen LogP contribution >= 0.6 is 11.6 Å². The van der Waals surface area contributed by atoms with Gasteiger partial charge in [0.1, 0.15) is 17.8 Å². The summed E-state index contributed by atoms with van der Waals surface area (Å²) in [4.78, 5) is 48.4. The van der Waals surface area contributed by atoms with E-state index in [0.717, 1.165) is 15.7 Å². The fourth-order valence-electron chi connectivity index (χ4n) is 4.10. The first kappa shape index (κ1) is 19.2. The number of oxazole rings is 1. The standard InChI is InChI=1S/C20H15ClN4O6/c21-12-4-13-15(5-14(12)26)31-19(30)25(13)8-16(27)22-11-2-1-9-6-20(7-10(9)3-11)17(28)23-18(29)24-20/h1-5,26H,6-8H2,(H,22,27)(H2,23,24,28,29). The summed E-state index contributed by atoms with van der Waals surface area (Å²) in [6.07, 6.45) is 0.690. The number of aromatic hydroxyl groups is 1. The molecule has 5 rings (SSSR count). The lowest BCUT2D eigenvalue weighted by molar-refractivity contribution is -0.123. The van der Waals surface area contributed by atoms with Gasteiger partial charge in [0.2, 0.25) is 5.91 Å². The average Bonchev–Trinajstić information content (AvgIpc) is 3.29. The molecule has 1 spiro atoms. The summed E-state index contributed by atoms with van der Waals surface area (Å²) in [6, 6.07) is 7.26. The molecule has 1 aromatic heterocycles. The highest BCUT2D eigenvalue weighted by molar-refractivity contribution is 6.32. The van der Waals surface area contributed by atoms with Crippen molar-refractivity contribution in [2.45, 2.75) is 24.9 Å². The normalized spacial score (nSPS) is 19.5. The maximum atomic E-state index is 12.6. The van der Waals surface area contributed by atoms with Gasteiger partial charge in [0.25, 0.3) is 5.91 Å². The Bertz CT molecular complexity index is 1360. The Kier molecular flexibility index (Phi) is 4.09. The van der Waals surface area contributed by atoms with Crippen LogP contribution in [-0.2, 0) is 29.0 Å². The minimum atomic E-state index is -0.990. The summed E-state index contributed by atoms with van der Waals surface area (Å²) in [5.74, 6) is -1.84. The number of nitrogens with zero attached hydrogens (tertiary/aromatic N) is 1. The molecule has 1 aliphatic carbocycles. The van der Waals surface area contributed by atoms with Crippen LogP contribution in [0.3, 0.4) is 0 Å². The first-order chi connectivity index (χ1) is 14.7. The topological polar surface area (TPSA) is 143 Å². The van der Waals surface area contributed by atoms with Crippen molar-refractivity contribution in [2.24, 2.45) is 0 Å². The zero-order chi connectivity index (χ0) is 21.9. The van der Waals surface area contributed by atoms with E-state index < -0.39 is 23.2 Å². The predicted molar refractivity (Wildman–Crippen MR) is 109 cm³/mol. The number of fused-ring (bicyclic) bond motifs is 2. The molecule has 11 heteroatoms. The molecule has 0 bridgehead atoms. The van der Waals surface area contributed by atoms with Gasteiger partial charge in [0, 0.05) is 24.6 Å². The van der Waals surface area contributed by atoms with Crippen molar-refractivity contribution in [3.05, 3.63) is 57.0 Å². The van der Waals surface area contributed by atoms with Gasteiger partial charge in [-0.3, -0.25) is 19.5 Å². The van der Waals surface area contributed by atoms with E-state index in [0.29, 0.717) is 18.5 Å². The Balaban J connectivity index is 1.35. The van der Waals surface area contributed by atoms with Crippen LogP contribution in [0.15, 0.2) is 39.5 Å². The van der Waals surface area contributed by atoms with Gasteiger partial charge >= 0.3 is 11.8 Å². The molecule has 1 atom stereocenters. The lowest BCUT2D eigenvalue weighted by atomic mass is 9.96. The third kappa shape index (κ3) is 3.12. The molecule has 0 saturated carbocycles. The van der Waals surface area contributed by atoms with E-state index in [4.69, 9.17) is 16.0 Å². The number of amides is 4. The summed E-state index contributed by atoms with van der Waals surface area (Å²) in [5.41, 5.74) is 1.63. The maximum absolute atomic E-state index is 12.6. The largest absolute Gasteiger partial charge is 0.506 e. The number of urea groups is 1. The highest BCUT2D eigenvalue weighted by Gasteiger charge is 2.49. The fraction of sp³-hybridized carbons (Fsp3) is 0.200. The van der Waals surface area contributed by atoms with Crippen LogP contribution in [0.25, 0.3) is 11.1 Å². The molecular weight excluding hydrogens is 428 g/mol. The molecule has 2 aromatic carbocycles. The Labute approximate surface area is 178 Å². The Morgan fingerprint density at radius 1 is 1.19 bits per heavy atom. The van der Waals surface area contributed by atoms with Crippen molar-refractivity contribution < 1.29 is 23.9 Å². The second-order valence-corrected chi connectivity index (χ2v) is 8.01. The van der Waals surface area contributed by atoms with E-state index in [1.165, 1.54) is 12.1 Å². The minimum Gasteiger partial charge on any atom is -0.506 e. The van der Waals surface area contributed by atoms with E-state index >= 15 is 0 Å². The predicted octanol–water partition coefficient (Wildman–Crippen LogP) is 1.27. The zero-order valence-corrected chi connectivity index (χ0v) is 16.6. The molecule has 1 fully saturated rings. The number of halogens is 1. The molecule has 1 unspecified atom stereocenters. The van der Waals surface area contributed by atoms with E-state index in [-0.39, 0.29) is 34.3 Å². The Morgan fingerprint density at radius 3 is 2.71 bits per heavy atom. The molecule has 2 aliphatic rings. The van der Waals surface area contributed by atoms with Crippen LogP contribution in [0.1, 0.15) is 11.1 Å². The molecule has 3 aromatic rings. The van der Waals surface area contributed by atoms with E-state index in [1.807, 2.05) is 0 Å². The molecule has 4 amide bonds. The Hall–Kier alpha value is -3.79. The molecule has 31 heavy (non-hydrogen) atoms. The molecule has 2 heterocycles. The van der Waals surface area contributed by atoms with Crippen molar-refractivity contribution >= 4 is 46.2 Å². The first-order valence-corrected chi connectivity index (χ1v) is 9.69. The second-order valence-electron chi connectivity index (χ2n) is 7.60. The number of nitrogens with one attached hydrogen (secondary N) is 3. The minimum absolute atomic E-state index is 0.0260. The van der Waals surface area contributed by atoms with Gasteiger partial charge in [0.15, 0.2) is 5.58 Å². The molecular formula is C20H15ClN4O6. The lowest BCUT2D eigenvalue weighted by Gasteiger charge is -2.18. The molecule has 1 aliphatic heterocycles. The molecule has 158 valence electrons. The van der Waals surface area contributed by atoms with Gasteiger partial charge in [0.05, 0.1) is 10.5 Å². The number of hydrogen-bond acceptors (Lipinski definition) is 6. The quantitative estimate of drug-likeness (QED) is 0.450. The number of carbonyl (C=O) groups is 3. The van der Waals surface area contributed by atoms with Crippen molar-refractivity contribution in [1.29, 1.82) is 0 Å². The SMILES string of the molecule is O=C(Cn1c(=O)oc2cc(O)c(Cl)cc21)Nc1ccc2c(c1)CC1(C2)NC(=O)NC1=O. The summed E-state index contributed by atoms with van der Waals surface area (Å²) in [7, 11) is 0. The number of aromatic nitrogens is 1. The number of phenolic OH excluding ortho intramolecular Hbond substituents is 1.